The van der Waals surface area contributed by atoms with Crippen LogP contribution in [0.1, 0.15) is 0 Å². The van der Waals surface area contributed by atoms with Gasteiger partial charge in [-0.15, -0.1) is 0 Å². The number of carbonyl (C=O) groups excluding carboxylic acids is 1. The summed E-state index contributed by atoms with van der Waals surface area (Å²) in [6.45, 7) is 0. The van der Waals surface area contributed by atoms with Gasteiger partial charge in [-0.3, -0.25) is 0 Å². The fraction of sp³-hybridized carbons (Fsp3) is 0. The van der Waals surface area contributed by atoms with Crippen LogP contribution in [0.15, 0.2) is 18.2 Å². The first kappa shape index (κ1) is 9.16. The number of amides is 2. The molecule has 12 heavy (non-hydrogen) atoms. The zero-order valence-electron chi connectivity index (χ0n) is 5.90. The number of halogens is 2. The number of rotatable bonds is 1. The smallest absolute Gasteiger partial charge is 0.307 e. The first-order valence-corrected chi connectivity index (χ1v) is 3.83. The van der Waals surface area contributed by atoms with Crippen LogP contribution in [0.25, 0.3) is 0 Å². The van der Waals surface area contributed by atoms with E-state index >= 15 is 0 Å². The molecule has 0 saturated heterocycles. The highest BCUT2D eigenvalue weighted by atomic mass is 35.5. The molecule has 0 saturated carbocycles. The van der Waals surface area contributed by atoms with Gasteiger partial charge in [0.05, 0.1) is 10.0 Å². The van der Waals surface area contributed by atoms with Crippen molar-refractivity contribution in [1.29, 1.82) is 0 Å². The van der Waals surface area contributed by atoms with Gasteiger partial charge in [-0.2, -0.15) is 0 Å². The molecule has 2 amide bonds. The molecule has 0 aliphatic rings. The van der Waals surface area contributed by atoms with Gasteiger partial charge >= 0.3 is 6.03 Å². The summed E-state index contributed by atoms with van der Waals surface area (Å²) >= 11 is 11.3. The van der Waals surface area contributed by atoms with E-state index < -0.39 is 6.03 Å². The van der Waals surface area contributed by atoms with E-state index in [0.717, 1.165) is 0 Å². The van der Waals surface area contributed by atoms with Crippen LogP contribution in [0.2, 0.25) is 10.0 Å². The highest BCUT2D eigenvalue weighted by Crippen LogP contribution is 2.24. The molecular formula is C7H5Cl2N2O. The molecule has 0 atom stereocenters. The standard InChI is InChI=1S/C7H5Cl2N2O/c8-5-2-1-4(3-6(5)9)11-7(10)12/h1-3,10H,(H,11,12). The maximum atomic E-state index is 10.3. The van der Waals surface area contributed by atoms with Crippen LogP contribution in [0.5, 0.6) is 0 Å². The third kappa shape index (κ3) is 2.29. The van der Waals surface area contributed by atoms with Gasteiger partial charge in [-0.25, -0.2) is 10.5 Å². The van der Waals surface area contributed by atoms with Gasteiger partial charge in [-0.05, 0) is 18.2 Å². The molecule has 0 spiro atoms. The molecule has 0 bridgehead atoms. The molecule has 1 aromatic rings. The van der Waals surface area contributed by atoms with E-state index in [-0.39, 0.29) is 0 Å². The minimum Gasteiger partial charge on any atom is -0.307 e. The molecule has 1 radical (unpaired) electrons. The van der Waals surface area contributed by atoms with Crippen molar-refractivity contribution >= 4 is 34.9 Å². The lowest BCUT2D eigenvalue weighted by atomic mass is 10.3. The molecule has 0 aromatic heterocycles. The molecule has 5 heteroatoms. The first-order chi connectivity index (χ1) is 5.59. The van der Waals surface area contributed by atoms with E-state index in [1.54, 1.807) is 12.1 Å². The summed E-state index contributed by atoms with van der Waals surface area (Å²) in [7, 11) is 0. The van der Waals surface area contributed by atoms with Crippen molar-refractivity contribution in [2.45, 2.75) is 0 Å². The second kappa shape index (κ2) is 3.65. The molecule has 1 aromatic carbocycles. The highest BCUT2D eigenvalue weighted by Gasteiger charge is 2.00. The SMILES string of the molecule is [NH]C(=O)Nc1ccc(Cl)c(Cl)c1. The second-order valence-corrected chi connectivity index (χ2v) is 2.90. The second-order valence-electron chi connectivity index (χ2n) is 2.08. The van der Waals surface area contributed by atoms with Crippen molar-refractivity contribution in [3.05, 3.63) is 28.2 Å². The number of nitrogens with one attached hydrogen (secondary N) is 2. The average molecular weight is 204 g/mol. The Kier molecular flexibility index (Phi) is 2.78. The Labute approximate surface area is 79.5 Å². The lowest BCUT2D eigenvalue weighted by Gasteiger charge is -2.01. The Morgan fingerprint density at radius 3 is 2.50 bits per heavy atom. The van der Waals surface area contributed by atoms with Gasteiger partial charge in [0.15, 0.2) is 0 Å². The zero-order valence-corrected chi connectivity index (χ0v) is 7.41. The van der Waals surface area contributed by atoms with Crippen molar-refractivity contribution in [3.8, 4) is 0 Å². The quantitative estimate of drug-likeness (QED) is 0.751. The normalized spacial score (nSPS) is 9.50. The van der Waals surface area contributed by atoms with Crippen LogP contribution in [0.3, 0.4) is 0 Å². The van der Waals surface area contributed by atoms with E-state index in [1.807, 2.05) is 0 Å². The van der Waals surface area contributed by atoms with Crippen molar-refractivity contribution in [1.82, 2.24) is 5.73 Å². The molecule has 63 valence electrons. The maximum absolute atomic E-state index is 10.3. The summed E-state index contributed by atoms with van der Waals surface area (Å²) in [5.74, 6) is 0. The van der Waals surface area contributed by atoms with Crippen molar-refractivity contribution in [3.63, 3.8) is 0 Å². The molecule has 0 unspecified atom stereocenters. The molecule has 0 fully saturated rings. The van der Waals surface area contributed by atoms with Gasteiger partial charge in [0.25, 0.3) is 0 Å². The number of hydrogen-bond acceptors (Lipinski definition) is 1. The summed E-state index contributed by atoms with van der Waals surface area (Å²) < 4.78 is 0. The molecule has 0 heterocycles. The first-order valence-electron chi connectivity index (χ1n) is 3.07. The fourth-order valence-corrected chi connectivity index (χ4v) is 1.00. The van der Waals surface area contributed by atoms with Crippen LogP contribution >= 0.6 is 23.2 Å². The summed E-state index contributed by atoms with van der Waals surface area (Å²) in [6.07, 6.45) is 0. The van der Waals surface area contributed by atoms with Crippen molar-refractivity contribution < 1.29 is 4.79 Å². The lowest BCUT2D eigenvalue weighted by molar-refractivity contribution is 0.258. The van der Waals surface area contributed by atoms with E-state index in [9.17, 15) is 4.79 Å². The number of benzene rings is 1. The molecule has 1 rings (SSSR count). The Hall–Kier alpha value is -0.930. The minimum absolute atomic E-state index is 0.350. The monoisotopic (exact) mass is 203 g/mol. The summed E-state index contributed by atoms with van der Waals surface area (Å²) in [5.41, 5.74) is 7.08. The van der Waals surface area contributed by atoms with Gasteiger partial charge in [0.2, 0.25) is 0 Å². The average Bonchev–Trinajstić information content (AvgIpc) is 1.96. The third-order valence-corrected chi connectivity index (χ3v) is 1.92. The van der Waals surface area contributed by atoms with E-state index in [1.165, 1.54) is 6.07 Å². The highest BCUT2D eigenvalue weighted by molar-refractivity contribution is 6.42. The molecule has 0 aliphatic heterocycles. The molecular weight excluding hydrogens is 199 g/mol. The van der Waals surface area contributed by atoms with Gasteiger partial charge < -0.3 is 5.32 Å². The van der Waals surface area contributed by atoms with Gasteiger partial charge in [-0.1, -0.05) is 23.2 Å². The number of urea groups is 1. The maximum Gasteiger partial charge on any atom is 0.337 e. The van der Waals surface area contributed by atoms with Crippen LogP contribution < -0.4 is 11.1 Å². The largest absolute Gasteiger partial charge is 0.337 e. The zero-order chi connectivity index (χ0) is 9.14. The lowest BCUT2D eigenvalue weighted by Crippen LogP contribution is -2.08. The summed E-state index contributed by atoms with van der Waals surface area (Å²) in [4.78, 5) is 10.3. The summed E-state index contributed by atoms with van der Waals surface area (Å²) in [6, 6.07) is 3.72. The topological polar surface area (TPSA) is 52.9 Å². The molecule has 3 nitrogen and oxygen atoms in total. The van der Waals surface area contributed by atoms with Gasteiger partial charge in [0.1, 0.15) is 0 Å². The summed E-state index contributed by atoms with van der Waals surface area (Å²) in [5, 5.41) is 3.02. The van der Waals surface area contributed by atoms with E-state index in [4.69, 9.17) is 28.9 Å². The predicted molar refractivity (Wildman–Crippen MR) is 48.6 cm³/mol. The Morgan fingerprint density at radius 1 is 1.33 bits per heavy atom. The Balaban J connectivity index is 2.89. The van der Waals surface area contributed by atoms with Crippen LogP contribution in [-0.4, -0.2) is 6.03 Å². The fourth-order valence-electron chi connectivity index (χ4n) is 0.705. The molecule has 0 aliphatic carbocycles. The van der Waals surface area contributed by atoms with Crippen molar-refractivity contribution in [2.24, 2.45) is 0 Å². The number of hydrogen-bond donors (Lipinski definition) is 1. The van der Waals surface area contributed by atoms with Crippen LogP contribution in [-0.2, 0) is 0 Å². The number of carbonyl (C=O) groups is 1. The number of anilines is 1. The van der Waals surface area contributed by atoms with Crippen LogP contribution in [0, 0.1) is 0 Å². The molecule has 2 N–H and O–H groups in total. The van der Waals surface area contributed by atoms with Crippen LogP contribution in [0.4, 0.5) is 10.5 Å². The predicted octanol–water partition coefficient (Wildman–Crippen LogP) is 2.81. The van der Waals surface area contributed by atoms with E-state index in [2.05, 4.69) is 5.32 Å². The van der Waals surface area contributed by atoms with Crippen molar-refractivity contribution in [2.75, 3.05) is 5.32 Å². The van der Waals surface area contributed by atoms with E-state index in [0.29, 0.717) is 15.7 Å². The Bertz CT molecular complexity index is 314. The van der Waals surface area contributed by atoms with Gasteiger partial charge in [0, 0.05) is 5.69 Å². The minimum atomic E-state index is -0.881. The third-order valence-electron chi connectivity index (χ3n) is 1.18. The Morgan fingerprint density at radius 2 is 2.00 bits per heavy atom.